The van der Waals surface area contributed by atoms with Crippen molar-refractivity contribution in [2.24, 2.45) is 20.5 Å². The number of anilines is 1. The molecule has 0 bridgehead atoms. The third-order valence-corrected chi connectivity index (χ3v) is 5.36. The van der Waals surface area contributed by atoms with E-state index in [0.717, 1.165) is 33.3 Å². The molecule has 6 nitrogen and oxygen atoms in total. The number of nitrogens with zero attached hydrogens (tertiary/aromatic N) is 4. The van der Waals surface area contributed by atoms with E-state index in [4.69, 9.17) is 5.73 Å². The molecule has 0 radical (unpaired) electrons. The lowest BCUT2D eigenvalue weighted by Gasteiger charge is -2.13. The van der Waals surface area contributed by atoms with Gasteiger partial charge in [0, 0.05) is 0 Å². The fourth-order valence-corrected chi connectivity index (χ4v) is 3.54. The molecule has 3 N–H and O–H groups in total. The molecular formula is C26H25N5O. The van der Waals surface area contributed by atoms with Crippen molar-refractivity contribution in [3.05, 3.63) is 82.9 Å². The molecule has 0 saturated heterocycles. The number of benzene rings is 4. The lowest BCUT2D eigenvalue weighted by atomic mass is 9.99. The first-order valence-electron chi connectivity index (χ1n) is 10.4. The maximum absolute atomic E-state index is 11.1. The van der Waals surface area contributed by atoms with Crippen molar-refractivity contribution < 1.29 is 5.11 Å². The maximum Gasteiger partial charge on any atom is 0.153 e. The van der Waals surface area contributed by atoms with Crippen LogP contribution in [-0.2, 0) is 0 Å². The van der Waals surface area contributed by atoms with E-state index in [-0.39, 0.29) is 5.75 Å². The second-order valence-electron chi connectivity index (χ2n) is 8.02. The van der Waals surface area contributed by atoms with E-state index in [0.29, 0.717) is 28.1 Å². The number of aryl methyl sites for hydroxylation is 4. The van der Waals surface area contributed by atoms with E-state index in [1.807, 2.05) is 88.4 Å². The molecule has 0 atom stereocenters. The number of nitrogens with two attached hydrogens (primary N) is 1. The first-order chi connectivity index (χ1) is 15.3. The molecule has 0 heterocycles. The van der Waals surface area contributed by atoms with Gasteiger partial charge in [-0.1, -0.05) is 35.4 Å². The monoisotopic (exact) mass is 423 g/mol. The highest BCUT2D eigenvalue weighted by Gasteiger charge is 2.17. The normalized spacial score (nSPS) is 11.8. The Hall–Kier alpha value is -4.06. The van der Waals surface area contributed by atoms with Gasteiger partial charge in [0.2, 0.25) is 0 Å². The molecule has 0 saturated carbocycles. The Bertz CT molecular complexity index is 1250. The van der Waals surface area contributed by atoms with Gasteiger partial charge in [-0.15, -0.1) is 10.2 Å². The second-order valence-corrected chi connectivity index (χ2v) is 8.02. The topological polar surface area (TPSA) is 95.7 Å². The van der Waals surface area contributed by atoms with Crippen LogP contribution in [0, 0.1) is 27.7 Å². The molecule has 0 aliphatic rings. The average Bonchev–Trinajstić information content (AvgIpc) is 2.75. The van der Waals surface area contributed by atoms with Crippen molar-refractivity contribution in [1.82, 2.24) is 0 Å². The summed E-state index contributed by atoms with van der Waals surface area (Å²) >= 11 is 0. The molecule has 0 fully saturated rings. The predicted molar refractivity (Wildman–Crippen MR) is 130 cm³/mol. The van der Waals surface area contributed by atoms with E-state index in [1.165, 1.54) is 0 Å². The SMILES string of the molecule is Cc1ccc(N=Nc2c(C)cc3cc(C)c(N=Nc4ccc(C)cc4)c(O)c3c2N)cc1. The molecule has 0 unspecified atom stereocenters. The summed E-state index contributed by atoms with van der Waals surface area (Å²) in [5.41, 5.74) is 13.1. The molecule has 6 heteroatoms. The van der Waals surface area contributed by atoms with E-state index in [9.17, 15) is 5.11 Å². The Morgan fingerprint density at radius 3 is 1.56 bits per heavy atom. The Labute approximate surface area is 187 Å². The molecule has 4 aromatic rings. The van der Waals surface area contributed by atoms with Crippen molar-refractivity contribution in [2.75, 3.05) is 5.73 Å². The Morgan fingerprint density at radius 2 is 1.06 bits per heavy atom. The minimum Gasteiger partial charge on any atom is -0.505 e. The highest BCUT2D eigenvalue weighted by atomic mass is 16.3. The minimum absolute atomic E-state index is 0.0138. The van der Waals surface area contributed by atoms with Gasteiger partial charge in [0.1, 0.15) is 11.4 Å². The fraction of sp³-hybridized carbons (Fsp3) is 0.154. The maximum atomic E-state index is 11.1. The first kappa shape index (κ1) is 21.2. The van der Waals surface area contributed by atoms with E-state index in [1.54, 1.807) is 0 Å². The number of hydrogen-bond acceptors (Lipinski definition) is 6. The number of azo groups is 2. The third kappa shape index (κ3) is 4.21. The highest BCUT2D eigenvalue weighted by molar-refractivity contribution is 6.06. The van der Waals surface area contributed by atoms with Crippen molar-refractivity contribution in [3.63, 3.8) is 0 Å². The Balaban J connectivity index is 1.79. The molecule has 0 spiro atoms. The molecule has 0 aromatic heterocycles. The van der Waals surface area contributed by atoms with Crippen LogP contribution in [0.2, 0.25) is 0 Å². The van der Waals surface area contributed by atoms with Crippen LogP contribution in [0.25, 0.3) is 10.8 Å². The molecule has 0 aliphatic carbocycles. The number of rotatable bonds is 4. The van der Waals surface area contributed by atoms with Crippen molar-refractivity contribution in [1.29, 1.82) is 0 Å². The van der Waals surface area contributed by atoms with Gasteiger partial charge in [-0.3, -0.25) is 0 Å². The van der Waals surface area contributed by atoms with Gasteiger partial charge in [-0.25, -0.2) is 0 Å². The number of nitrogen functional groups attached to an aromatic ring is 1. The van der Waals surface area contributed by atoms with E-state index >= 15 is 0 Å². The van der Waals surface area contributed by atoms with Gasteiger partial charge >= 0.3 is 0 Å². The lowest BCUT2D eigenvalue weighted by molar-refractivity contribution is 0.482. The van der Waals surface area contributed by atoms with Crippen molar-refractivity contribution in [3.8, 4) is 5.75 Å². The predicted octanol–water partition coefficient (Wildman–Crippen LogP) is 8.19. The van der Waals surface area contributed by atoms with Gasteiger partial charge in [0.05, 0.1) is 22.4 Å². The second kappa shape index (κ2) is 8.59. The van der Waals surface area contributed by atoms with Crippen LogP contribution in [0.15, 0.2) is 81.1 Å². The van der Waals surface area contributed by atoms with Gasteiger partial charge < -0.3 is 10.8 Å². The van der Waals surface area contributed by atoms with Gasteiger partial charge in [-0.2, -0.15) is 10.2 Å². The number of fused-ring (bicyclic) bond motifs is 1. The molecular weight excluding hydrogens is 398 g/mol. The van der Waals surface area contributed by atoms with Crippen molar-refractivity contribution in [2.45, 2.75) is 27.7 Å². The van der Waals surface area contributed by atoms with Crippen molar-refractivity contribution >= 4 is 39.2 Å². The average molecular weight is 424 g/mol. The summed E-state index contributed by atoms with van der Waals surface area (Å²) in [5, 5.41) is 29.7. The molecule has 4 aromatic carbocycles. The van der Waals surface area contributed by atoms with Crippen LogP contribution >= 0.6 is 0 Å². The summed E-state index contributed by atoms with van der Waals surface area (Å²) in [7, 11) is 0. The molecule has 4 rings (SSSR count). The zero-order valence-electron chi connectivity index (χ0n) is 18.6. The summed E-state index contributed by atoms with van der Waals surface area (Å²) in [5.74, 6) is -0.0138. The molecule has 32 heavy (non-hydrogen) atoms. The summed E-state index contributed by atoms with van der Waals surface area (Å²) in [4.78, 5) is 0. The smallest absolute Gasteiger partial charge is 0.153 e. The van der Waals surface area contributed by atoms with Gasteiger partial charge in [0.15, 0.2) is 5.75 Å². The Kier molecular flexibility index (Phi) is 5.69. The van der Waals surface area contributed by atoms with Gasteiger partial charge in [0.25, 0.3) is 0 Å². The van der Waals surface area contributed by atoms with Crippen LogP contribution in [0.3, 0.4) is 0 Å². The van der Waals surface area contributed by atoms with E-state index < -0.39 is 0 Å². The minimum atomic E-state index is -0.0138. The van der Waals surface area contributed by atoms with E-state index in [2.05, 4.69) is 20.5 Å². The first-order valence-corrected chi connectivity index (χ1v) is 10.4. The highest BCUT2D eigenvalue weighted by Crippen LogP contribution is 2.45. The zero-order valence-corrected chi connectivity index (χ0v) is 18.6. The van der Waals surface area contributed by atoms with Crippen LogP contribution in [0.5, 0.6) is 5.75 Å². The number of phenols is 1. The quantitative estimate of drug-likeness (QED) is 0.255. The van der Waals surface area contributed by atoms with Crippen LogP contribution in [-0.4, -0.2) is 5.11 Å². The largest absolute Gasteiger partial charge is 0.505 e. The summed E-state index contributed by atoms with van der Waals surface area (Å²) < 4.78 is 0. The Morgan fingerprint density at radius 1 is 0.625 bits per heavy atom. The van der Waals surface area contributed by atoms with Crippen LogP contribution in [0.1, 0.15) is 22.3 Å². The lowest BCUT2D eigenvalue weighted by Crippen LogP contribution is -1.92. The van der Waals surface area contributed by atoms with Gasteiger partial charge in [-0.05, 0) is 80.6 Å². The zero-order chi connectivity index (χ0) is 22.8. The fourth-order valence-electron chi connectivity index (χ4n) is 3.54. The standard InChI is InChI=1S/C26H25N5O/c1-15-5-9-20(10-6-15)28-30-24-17(3)13-19-14-18(4)25(26(32)22(19)23(24)27)31-29-21-11-7-16(2)8-12-21/h5-14,32H,27H2,1-4H3. The summed E-state index contributed by atoms with van der Waals surface area (Å²) in [6.07, 6.45) is 0. The molecule has 160 valence electrons. The summed E-state index contributed by atoms with van der Waals surface area (Å²) in [6.45, 7) is 7.85. The number of phenolic OH excluding ortho intramolecular Hbond substituents is 1. The van der Waals surface area contributed by atoms with Crippen LogP contribution < -0.4 is 5.73 Å². The third-order valence-electron chi connectivity index (χ3n) is 5.36. The number of aromatic hydroxyl groups is 1. The molecule has 0 aliphatic heterocycles. The number of hydrogen-bond donors (Lipinski definition) is 2. The molecule has 0 amide bonds. The summed E-state index contributed by atoms with van der Waals surface area (Å²) in [6, 6.07) is 19.3. The van der Waals surface area contributed by atoms with Crippen LogP contribution in [0.4, 0.5) is 28.4 Å².